The van der Waals surface area contributed by atoms with Crippen molar-refractivity contribution in [3.63, 3.8) is 0 Å². The molecule has 7 heteroatoms. The molecule has 1 aliphatic rings. The summed E-state index contributed by atoms with van der Waals surface area (Å²) >= 11 is 1.45. The lowest BCUT2D eigenvalue weighted by Crippen LogP contribution is -2.17. The zero-order valence-electron chi connectivity index (χ0n) is 16.5. The second kappa shape index (κ2) is 9.22. The van der Waals surface area contributed by atoms with Crippen molar-refractivity contribution in [3.05, 3.63) is 54.4 Å². The summed E-state index contributed by atoms with van der Waals surface area (Å²) in [6.07, 6.45) is 9.52. The van der Waals surface area contributed by atoms with Gasteiger partial charge in [-0.3, -0.25) is 14.3 Å². The van der Waals surface area contributed by atoms with Gasteiger partial charge in [0.05, 0.1) is 5.75 Å². The van der Waals surface area contributed by atoms with Gasteiger partial charge in [-0.2, -0.15) is 0 Å². The van der Waals surface area contributed by atoms with Crippen molar-refractivity contribution < 1.29 is 4.79 Å². The zero-order chi connectivity index (χ0) is 20.1. The van der Waals surface area contributed by atoms with Crippen LogP contribution < -0.4 is 5.32 Å². The second-order valence-corrected chi connectivity index (χ2v) is 8.35. The summed E-state index contributed by atoms with van der Waals surface area (Å²) in [6, 6.07) is 12.1. The van der Waals surface area contributed by atoms with Crippen LogP contribution in [-0.4, -0.2) is 31.4 Å². The molecule has 0 bridgehead atoms. The third-order valence-electron chi connectivity index (χ3n) is 5.18. The summed E-state index contributed by atoms with van der Waals surface area (Å²) in [5.74, 6) is 1.12. The van der Waals surface area contributed by atoms with E-state index in [0.717, 1.165) is 40.6 Å². The minimum Gasteiger partial charge on any atom is -0.325 e. The lowest BCUT2D eigenvalue weighted by Gasteiger charge is -2.25. The third-order valence-corrected chi connectivity index (χ3v) is 6.12. The number of nitrogens with one attached hydrogen (secondary N) is 1. The summed E-state index contributed by atoms with van der Waals surface area (Å²) < 4.78 is 2.24. The molecule has 2 aromatic heterocycles. The van der Waals surface area contributed by atoms with Crippen molar-refractivity contribution in [3.8, 4) is 11.4 Å². The maximum atomic E-state index is 12.5. The number of pyridine rings is 1. The van der Waals surface area contributed by atoms with Crippen LogP contribution in [0.25, 0.3) is 11.4 Å². The Kier molecular flexibility index (Phi) is 6.24. The average molecular weight is 408 g/mol. The number of amides is 1. The quantitative estimate of drug-likeness (QED) is 0.589. The molecule has 4 rings (SSSR count). The van der Waals surface area contributed by atoms with Crippen LogP contribution in [0, 0.1) is 6.92 Å². The van der Waals surface area contributed by atoms with Crippen molar-refractivity contribution >= 4 is 23.4 Å². The number of nitrogens with zero attached hydrogens (tertiary/aromatic N) is 4. The number of rotatable bonds is 6. The monoisotopic (exact) mass is 407 g/mol. The van der Waals surface area contributed by atoms with Gasteiger partial charge in [-0.25, -0.2) is 0 Å². The van der Waals surface area contributed by atoms with E-state index in [1.165, 1.54) is 31.0 Å². The van der Waals surface area contributed by atoms with Gasteiger partial charge in [-0.05, 0) is 49.6 Å². The van der Waals surface area contributed by atoms with Gasteiger partial charge in [0.2, 0.25) is 5.91 Å². The van der Waals surface area contributed by atoms with Gasteiger partial charge >= 0.3 is 0 Å². The molecule has 3 aromatic rings. The number of anilines is 1. The van der Waals surface area contributed by atoms with Gasteiger partial charge in [0.25, 0.3) is 0 Å². The predicted octanol–water partition coefficient (Wildman–Crippen LogP) is 4.88. The summed E-state index contributed by atoms with van der Waals surface area (Å²) in [7, 11) is 0. The number of thioether (sulfide) groups is 1. The molecule has 0 unspecified atom stereocenters. The molecule has 0 aliphatic heterocycles. The minimum absolute atomic E-state index is 0.0377. The maximum Gasteiger partial charge on any atom is 0.234 e. The molecule has 29 heavy (non-hydrogen) atoms. The summed E-state index contributed by atoms with van der Waals surface area (Å²) in [5.41, 5.74) is 2.95. The van der Waals surface area contributed by atoms with Crippen LogP contribution in [0.4, 0.5) is 5.69 Å². The summed E-state index contributed by atoms with van der Waals surface area (Å²) in [4.78, 5) is 16.6. The molecule has 150 valence electrons. The molecule has 1 amide bonds. The topological polar surface area (TPSA) is 72.7 Å². The Morgan fingerprint density at radius 2 is 1.93 bits per heavy atom. The molecular weight excluding hydrogens is 382 g/mol. The van der Waals surface area contributed by atoms with E-state index in [1.807, 2.05) is 43.3 Å². The number of hydrogen-bond acceptors (Lipinski definition) is 5. The van der Waals surface area contributed by atoms with E-state index in [0.29, 0.717) is 11.8 Å². The SMILES string of the molecule is Cc1cccc(NC(=O)CSc2nnc(-c3ccncc3)n2C2CCCCC2)c1. The fraction of sp³-hybridized carbons (Fsp3) is 0.364. The molecule has 0 saturated heterocycles. The van der Waals surface area contributed by atoms with Crippen molar-refractivity contribution in [2.75, 3.05) is 11.1 Å². The van der Waals surface area contributed by atoms with Crippen molar-refractivity contribution in [1.82, 2.24) is 19.7 Å². The third kappa shape index (κ3) is 4.85. The Labute approximate surface area is 175 Å². The first-order chi connectivity index (χ1) is 14.2. The molecule has 0 radical (unpaired) electrons. The second-order valence-electron chi connectivity index (χ2n) is 7.41. The molecule has 2 heterocycles. The van der Waals surface area contributed by atoms with E-state index < -0.39 is 0 Å². The minimum atomic E-state index is -0.0377. The average Bonchev–Trinajstić information content (AvgIpc) is 3.17. The zero-order valence-corrected chi connectivity index (χ0v) is 17.4. The number of carbonyl (C=O) groups excluding carboxylic acids is 1. The van der Waals surface area contributed by atoms with Crippen LogP contribution in [-0.2, 0) is 4.79 Å². The molecule has 1 aliphatic carbocycles. The van der Waals surface area contributed by atoms with E-state index in [4.69, 9.17) is 0 Å². The van der Waals surface area contributed by atoms with Gasteiger partial charge in [0, 0.05) is 29.7 Å². The van der Waals surface area contributed by atoms with Crippen LogP contribution >= 0.6 is 11.8 Å². The Balaban J connectivity index is 1.52. The Morgan fingerprint density at radius 1 is 1.14 bits per heavy atom. The first-order valence-corrected chi connectivity index (χ1v) is 11.0. The van der Waals surface area contributed by atoms with Crippen molar-refractivity contribution in [2.24, 2.45) is 0 Å². The first kappa shape index (κ1) is 19.6. The summed E-state index contributed by atoms with van der Waals surface area (Å²) in [5, 5.41) is 12.7. The first-order valence-electron chi connectivity index (χ1n) is 10.1. The lowest BCUT2D eigenvalue weighted by molar-refractivity contribution is -0.113. The standard InChI is InChI=1S/C22H25N5OS/c1-16-6-5-7-18(14-16)24-20(28)15-29-22-26-25-21(17-10-12-23-13-11-17)27(22)19-8-3-2-4-9-19/h5-7,10-14,19H,2-4,8-9,15H2,1H3,(H,24,28). The molecular formula is C22H25N5OS. The van der Waals surface area contributed by atoms with Crippen LogP contribution in [0.1, 0.15) is 43.7 Å². The number of carbonyl (C=O) groups is 1. The van der Waals surface area contributed by atoms with Crippen LogP contribution in [0.2, 0.25) is 0 Å². The van der Waals surface area contributed by atoms with E-state index in [9.17, 15) is 4.79 Å². The fourth-order valence-corrected chi connectivity index (χ4v) is 4.60. The number of aryl methyl sites for hydroxylation is 1. The van der Waals surface area contributed by atoms with Crippen LogP contribution in [0.3, 0.4) is 0 Å². The highest BCUT2D eigenvalue weighted by molar-refractivity contribution is 7.99. The molecule has 0 spiro atoms. The van der Waals surface area contributed by atoms with Crippen LogP contribution in [0.5, 0.6) is 0 Å². The molecule has 6 nitrogen and oxygen atoms in total. The Hall–Kier alpha value is -2.67. The van der Waals surface area contributed by atoms with E-state index in [-0.39, 0.29) is 5.91 Å². The highest BCUT2D eigenvalue weighted by Gasteiger charge is 2.24. The van der Waals surface area contributed by atoms with Crippen molar-refractivity contribution in [2.45, 2.75) is 50.2 Å². The van der Waals surface area contributed by atoms with Gasteiger partial charge in [-0.1, -0.05) is 43.2 Å². The smallest absolute Gasteiger partial charge is 0.234 e. The van der Waals surface area contributed by atoms with Gasteiger partial charge in [-0.15, -0.1) is 10.2 Å². The van der Waals surface area contributed by atoms with Gasteiger partial charge in [0.1, 0.15) is 0 Å². The molecule has 1 aromatic carbocycles. The van der Waals surface area contributed by atoms with Crippen molar-refractivity contribution in [1.29, 1.82) is 0 Å². The largest absolute Gasteiger partial charge is 0.325 e. The fourth-order valence-electron chi connectivity index (χ4n) is 3.79. The Bertz CT molecular complexity index is 966. The molecule has 1 saturated carbocycles. The summed E-state index contributed by atoms with van der Waals surface area (Å²) in [6.45, 7) is 2.01. The normalized spacial score (nSPS) is 14.7. The van der Waals surface area contributed by atoms with E-state index >= 15 is 0 Å². The van der Waals surface area contributed by atoms with E-state index in [2.05, 4.69) is 25.1 Å². The number of aromatic nitrogens is 4. The van der Waals surface area contributed by atoms with Crippen LogP contribution in [0.15, 0.2) is 53.9 Å². The number of hydrogen-bond donors (Lipinski definition) is 1. The van der Waals surface area contributed by atoms with Gasteiger partial charge in [0.15, 0.2) is 11.0 Å². The lowest BCUT2D eigenvalue weighted by atomic mass is 9.95. The number of benzene rings is 1. The highest BCUT2D eigenvalue weighted by Crippen LogP contribution is 2.35. The van der Waals surface area contributed by atoms with E-state index in [1.54, 1.807) is 12.4 Å². The predicted molar refractivity (Wildman–Crippen MR) is 116 cm³/mol. The Morgan fingerprint density at radius 3 is 2.69 bits per heavy atom. The molecule has 0 atom stereocenters. The highest BCUT2D eigenvalue weighted by atomic mass is 32.2. The maximum absolute atomic E-state index is 12.5. The molecule has 1 fully saturated rings. The van der Waals surface area contributed by atoms with Gasteiger partial charge < -0.3 is 5.32 Å². The molecule has 1 N–H and O–H groups in total.